The molecule has 0 unspecified atom stereocenters. The van der Waals surface area contributed by atoms with Gasteiger partial charge in [-0.3, -0.25) is 0 Å². The number of hydrogen-bond acceptors (Lipinski definition) is 4. The molecule has 0 fully saturated rings. The molecule has 0 saturated carbocycles. The van der Waals surface area contributed by atoms with Crippen LogP contribution in [-0.4, -0.2) is 12.0 Å². The van der Waals surface area contributed by atoms with E-state index < -0.39 is 11.7 Å². The van der Waals surface area contributed by atoms with Crippen molar-refractivity contribution in [3.05, 3.63) is 53.2 Å². The van der Waals surface area contributed by atoms with E-state index in [-0.39, 0.29) is 23.7 Å². The molecular formula is C15H12F3N3O. The molecule has 2 rings (SSSR count). The summed E-state index contributed by atoms with van der Waals surface area (Å²) in [5.74, 6) is 0.0954. The summed E-state index contributed by atoms with van der Waals surface area (Å²) in [7, 11) is 1.54. The Morgan fingerprint density at radius 2 is 1.95 bits per heavy atom. The van der Waals surface area contributed by atoms with Crippen LogP contribution < -0.4 is 10.1 Å². The van der Waals surface area contributed by atoms with Crippen LogP contribution in [0, 0.1) is 11.3 Å². The molecule has 0 bridgehead atoms. The third-order valence-electron chi connectivity index (χ3n) is 2.95. The predicted molar refractivity (Wildman–Crippen MR) is 74.3 cm³/mol. The molecule has 0 radical (unpaired) electrons. The molecule has 114 valence electrons. The van der Waals surface area contributed by atoms with Gasteiger partial charge in [-0.05, 0) is 18.2 Å². The van der Waals surface area contributed by atoms with Crippen LogP contribution in [0.4, 0.5) is 18.9 Å². The molecule has 7 heteroatoms. The fourth-order valence-electron chi connectivity index (χ4n) is 1.95. The Balaban J connectivity index is 2.30. The van der Waals surface area contributed by atoms with E-state index in [0.29, 0.717) is 5.69 Å². The number of rotatable bonds is 4. The van der Waals surface area contributed by atoms with E-state index in [1.165, 1.54) is 31.3 Å². The van der Waals surface area contributed by atoms with Crippen molar-refractivity contribution in [2.45, 2.75) is 12.8 Å². The van der Waals surface area contributed by atoms with Gasteiger partial charge in [-0.1, -0.05) is 12.1 Å². The SMILES string of the molecule is CNc1cccc(C(F)(F)F)c1COc1cccc(C#N)n1. The Bertz CT molecular complexity index is 708. The first kappa shape index (κ1) is 15.6. The highest BCUT2D eigenvalue weighted by Gasteiger charge is 2.34. The van der Waals surface area contributed by atoms with E-state index in [0.717, 1.165) is 6.07 Å². The maximum atomic E-state index is 13.1. The fraction of sp³-hybridized carbons (Fsp3) is 0.200. The Morgan fingerprint density at radius 3 is 2.59 bits per heavy atom. The van der Waals surface area contributed by atoms with Gasteiger partial charge in [-0.15, -0.1) is 0 Å². The van der Waals surface area contributed by atoms with Gasteiger partial charge in [-0.2, -0.15) is 18.4 Å². The minimum Gasteiger partial charge on any atom is -0.473 e. The zero-order chi connectivity index (χ0) is 16.2. The number of halogens is 3. The first-order chi connectivity index (χ1) is 10.5. The first-order valence-electron chi connectivity index (χ1n) is 6.32. The van der Waals surface area contributed by atoms with Crippen molar-refractivity contribution < 1.29 is 17.9 Å². The third-order valence-corrected chi connectivity index (χ3v) is 2.95. The standard InChI is InChI=1S/C15H12F3N3O/c1-20-13-6-3-5-12(15(16,17)18)11(13)9-22-14-7-2-4-10(8-19)21-14/h2-7,20H,9H2,1H3. The van der Waals surface area contributed by atoms with E-state index in [4.69, 9.17) is 10.00 Å². The molecule has 1 aromatic heterocycles. The Hall–Kier alpha value is -2.75. The monoisotopic (exact) mass is 307 g/mol. The first-order valence-corrected chi connectivity index (χ1v) is 6.32. The molecule has 4 nitrogen and oxygen atoms in total. The number of alkyl halides is 3. The van der Waals surface area contributed by atoms with E-state index >= 15 is 0 Å². The average Bonchev–Trinajstić information content (AvgIpc) is 2.51. The molecule has 0 aliphatic rings. The van der Waals surface area contributed by atoms with E-state index in [1.54, 1.807) is 6.07 Å². The molecule has 0 atom stereocenters. The van der Waals surface area contributed by atoms with Gasteiger partial charge in [0.2, 0.25) is 5.88 Å². The second-order valence-electron chi connectivity index (χ2n) is 4.34. The van der Waals surface area contributed by atoms with Crippen LogP contribution in [0.5, 0.6) is 5.88 Å². The van der Waals surface area contributed by atoms with Gasteiger partial charge in [-0.25, -0.2) is 4.98 Å². The molecule has 0 saturated heterocycles. The summed E-state index contributed by atoms with van der Waals surface area (Å²) < 4.78 is 44.5. The second-order valence-corrected chi connectivity index (χ2v) is 4.34. The maximum Gasteiger partial charge on any atom is 0.416 e. The topological polar surface area (TPSA) is 57.9 Å². The van der Waals surface area contributed by atoms with Crippen molar-refractivity contribution in [2.24, 2.45) is 0 Å². The number of nitriles is 1. The summed E-state index contributed by atoms with van der Waals surface area (Å²) >= 11 is 0. The Labute approximate surface area is 125 Å². The van der Waals surface area contributed by atoms with Crippen molar-refractivity contribution >= 4 is 5.69 Å². The normalized spacial score (nSPS) is 10.9. The molecule has 0 amide bonds. The Kier molecular flexibility index (Phi) is 4.51. The van der Waals surface area contributed by atoms with Crippen LogP contribution in [0.15, 0.2) is 36.4 Å². The zero-order valence-electron chi connectivity index (χ0n) is 11.6. The summed E-state index contributed by atoms with van der Waals surface area (Å²) in [6, 6.07) is 10.2. The number of nitrogens with zero attached hydrogens (tertiary/aromatic N) is 2. The number of benzene rings is 1. The third kappa shape index (κ3) is 3.47. The van der Waals surface area contributed by atoms with E-state index in [1.807, 2.05) is 6.07 Å². The molecule has 2 aromatic rings. The summed E-state index contributed by atoms with van der Waals surface area (Å²) in [6.07, 6.45) is -4.48. The number of ether oxygens (including phenoxy) is 1. The lowest BCUT2D eigenvalue weighted by atomic mass is 10.1. The van der Waals surface area contributed by atoms with Crippen LogP contribution in [0.3, 0.4) is 0 Å². The molecule has 1 aromatic carbocycles. The van der Waals surface area contributed by atoms with E-state index in [9.17, 15) is 13.2 Å². The van der Waals surface area contributed by atoms with Gasteiger partial charge >= 0.3 is 6.18 Å². The highest BCUT2D eigenvalue weighted by molar-refractivity contribution is 5.55. The minimum absolute atomic E-state index is 0.0124. The molecule has 22 heavy (non-hydrogen) atoms. The average molecular weight is 307 g/mol. The van der Waals surface area contributed by atoms with Crippen molar-refractivity contribution in [3.63, 3.8) is 0 Å². The molecule has 1 heterocycles. The largest absolute Gasteiger partial charge is 0.473 e. The fourth-order valence-corrected chi connectivity index (χ4v) is 1.95. The van der Waals surface area contributed by atoms with Crippen molar-refractivity contribution in [3.8, 4) is 11.9 Å². The predicted octanol–water partition coefficient (Wildman–Crippen LogP) is 3.59. The van der Waals surface area contributed by atoms with Gasteiger partial charge in [0.05, 0.1) is 5.56 Å². The highest BCUT2D eigenvalue weighted by atomic mass is 19.4. The number of pyridine rings is 1. The lowest BCUT2D eigenvalue weighted by Crippen LogP contribution is -2.13. The van der Waals surface area contributed by atoms with Gasteiger partial charge in [0.15, 0.2) is 0 Å². The van der Waals surface area contributed by atoms with Crippen molar-refractivity contribution in [1.29, 1.82) is 5.26 Å². The lowest BCUT2D eigenvalue weighted by molar-refractivity contribution is -0.138. The number of nitrogens with one attached hydrogen (secondary N) is 1. The number of hydrogen-bond donors (Lipinski definition) is 1. The Morgan fingerprint density at radius 1 is 1.23 bits per heavy atom. The van der Waals surface area contributed by atoms with E-state index in [2.05, 4.69) is 10.3 Å². The van der Waals surface area contributed by atoms with Crippen LogP contribution in [0.1, 0.15) is 16.8 Å². The molecule has 0 aliphatic heterocycles. The van der Waals surface area contributed by atoms with Gasteiger partial charge in [0.1, 0.15) is 18.4 Å². The molecule has 1 N–H and O–H groups in total. The minimum atomic E-state index is -4.48. The zero-order valence-corrected chi connectivity index (χ0v) is 11.6. The quantitative estimate of drug-likeness (QED) is 0.937. The maximum absolute atomic E-state index is 13.1. The molecule has 0 spiro atoms. The van der Waals surface area contributed by atoms with Crippen LogP contribution >= 0.6 is 0 Å². The summed E-state index contributed by atoms with van der Waals surface area (Å²) in [5, 5.41) is 11.5. The van der Waals surface area contributed by atoms with Crippen LogP contribution in [0.25, 0.3) is 0 Å². The van der Waals surface area contributed by atoms with Crippen molar-refractivity contribution in [1.82, 2.24) is 4.98 Å². The molecule has 0 aliphatic carbocycles. The summed E-state index contributed by atoms with van der Waals surface area (Å²) in [5.41, 5.74) is -0.320. The summed E-state index contributed by atoms with van der Waals surface area (Å²) in [6.45, 7) is -0.312. The van der Waals surface area contributed by atoms with Crippen LogP contribution in [0.2, 0.25) is 0 Å². The molecular weight excluding hydrogens is 295 g/mol. The second kappa shape index (κ2) is 6.35. The van der Waals surface area contributed by atoms with Gasteiger partial charge < -0.3 is 10.1 Å². The van der Waals surface area contributed by atoms with Gasteiger partial charge in [0, 0.05) is 24.4 Å². The number of anilines is 1. The van der Waals surface area contributed by atoms with Crippen molar-refractivity contribution in [2.75, 3.05) is 12.4 Å². The number of aromatic nitrogens is 1. The smallest absolute Gasteiger partial charge is 0.416 e. The summed E-state index contributed by atoms with van der Waals surface area (Å²) in [4.78, 5) is 3.87. The lowest BCUT2D eigenvalue weighted by Gasteiger charge is -2.17. The highest BCUT2D eigenvalue weighted by Crippen LogP contribution is 2.35. The van der Waals surface area contributed by atoms with Gasteiger partial charge in [0.25, 0.3) is 0 Å². The van der Waals surface area contributed by atoms with Crippen LogP contribution in [-0.2, 0) is 12.8 Å².